The largest absolute Gasteiger partial charge is 0.490 e. The van der Waals surface area contributed by atoms with Gasteiger partial charge in [0, 0.05) is 0 Å². The van der Waals surface area contributed by atoms with E-state index in [0.29, 0.717) is 18.0 Å². The minimum atomic E-state index is -0.378. The minimum absolute atomic E-state index is 0.0577. The van der Waals surface area contributed by atoms with Gasteiger partial charge in [-0.15, -0.1) is 0 Å². The first kappa shape index (κ1) is 12.6. The van der Waals surface area contributed by atoms with E-state index in [9.17, 15) is 4.79 Å². The van der Waals surface area contributed by atoms with Gasteiger partial charge in [-0.25, -0.2) is 0 Å². The minimum Gasteiger partial charge on any atom is -0.490 e. The molecule has 0 fully saturated rings. The highest BCUT2D eigenvalue weighted by Crippen LogP contribution is 2.19. The van der Waals surface area contributed by atoms with Crippen LogP contribution in [-0.2, 0) is 0 Å². The average molecular weight is 265 g/mol. The zero-order valence-electron chi connectivity index (χ0n) is 9.97. The van der Waals surface area contributed by atoms with Crippen LogP contribution < -0.4 is 10.3 Å². The third-order valence-electron chi connectivity index (χ3n) is 2.35. The molecule has 0 amide bonds. The fourth-order valence-corrected chi connectivity index (χ4v) is 1.67. The third kappa shape index (κ3) is 2.54. The van der Waals surface area contributed by atoms with Crippen molar-refractivity contribution in [1.29, 1.82) is 0 Å². The first-order valence-electron chi connectivity index (χ1n) is 5.70. The highest BCUT2D eigenvalue weighted by atomic mass is 35.5. The molecule has 0 saturated carbocycles. The van der Waals surface area contributed by atoms with Gasteiger partial charge < -0.3 is 4.74 Å². The molecule has 5 heteroatoms. The number of rotatable bonds is 4. The molecule has 1 aromatic heterocycles. The van der Waals surface area contributed by atoms with Crippen molar-refractivity contribution in [2.24, 2.45) is 0 Å². The van der Waals surface area contributed by atoms with Gasteiger partial charge in [0.1, 0.15) is 0 Å². The summed E-state index contributed by atoms with van der Waals surface area (Å²) in [5.74, 6) is 0.329. The van der Waals surface area contributed by atoms with Crippen LogP contribution in [0.25, 0.3) is 5.69 Å². The Morgan fingerprint density at radius 3 is 2.72 bits per heavy atom. The van der Waals surface area contributed by atoms with Crippen LogP contribution >= 0.6 is 11.6 Å². The third-order valence-corrected chi connectivity index (χ3v) is 2.70. The van der Waals surface area contributed by atoms with Gasteiger partial charge in [-0.2, -0.15) is 9.78 Å². The topological polar surface area (TPSA) is 44.1 Å². The van der Waals surface area contributed by atoms with Crippen LogP contribution in [0.5, 0.6) is 5.75 Å². The van der Waals surface area contributed by atoms with E-state index < -0.39 is 0 Å². The monoisotopic (exact) mass is 264 g/mol. The molecule has 0 bridgehead atoms. The number of ether oxygens (including phenoxy) is 1. The van der Waals surface area contributed by atoms with Crippen molar-refractivity contribution in [3.8, 4) is 11.4 Å². The Balaban J connectivity index is 2.41. The second-order valence-corrected chi connectivity index (χ2v) is 4.10. The fraction of sp³-hybridized carbons (Fsp3) is 0.231. The second-order valence-electron chi connectivity index (χ2n) is 3.72. The van der Waals surface area contributed by atoms with Crippen molar-refractivity contribution >= 4 is 11.6 Å². The highest BCUT2D eigenvalue weighted by molar-refractivity contribution is 6.31. The van der Waals surface area contributed by atoms with Crippen LogP contribution in [0.3, 0.4) is 0 Å². The Labute approximate surface area is 110 Å². The Bertz CT molecular complexity index is 581. The zero-order chi connectivity index (χ0) is 13.0. The summed E-state index contributed by atoms with van der Waals surface area (Å²) in [5, 5.41) is 4.11. The number of aromatic nitrogens is 2. The Kier molecular flexibility index (Phi) is 3.99. The molecule has 0 aliphatic rings. The van der Waals surface area contributed by atoms with Crippen LogP contribution in [0.4, 0.5) is 0 Å². The molecule has 0 atom stereocenters. The number of para-hydroxylation sites is 1. The molecule has 0 N–H and O–H groups in total. The van der Waals surface area contributed by atoms with Gasteiger partial charge in [0.15, 0.2) is 10.8 Å². The zero-order valence-corrected chi connectivity index (χ0v) is 10.7. The van der Waals surface area contributed by atoms with Crippen molar-refractivity contribution in [3.05, 3.63) is 51.9 Å². The lowest BCUT2D eigenvalue weighted by Gasteiger charge is -2.08. The smallest absolute Gasteiger partial charge is 0.294 e. The van der Waals surface area contributed by atoms with Gasteiger partial charge in [-0.1, -0.05) is 36.7 Å². The molecule has 18 heavy (non-hydrogen) atoms. The van der Waals surface area contributed by atoms with Gasteiger partial charge in [0.2, 0.25) is 0 Å². The summed E-state index contributed by atoms with van der Waals surface area (Å²) >= 11 is 5.99. The molecule has 0 radical (unpaired) electrons. The van der Waals surface area contributed by atoms with E-state index in [-0.39, 0.29) is 10.6 Å². The fourth-order valence-electron chi connectivity index (χ4n) is 1.48. The maximum absolute atomic E-state index is 12.0. The van der Waals surface area contributed by atoms with E-state index in [1.807, 2.05) is 25.1 Å². The molecule has 2 rings (SSSR count). The standard InChI is InChI=1S/C13H13ClN2O2/c1-2-8-18-11-9-15-16(13(17)12(11)14)10-6-4-3-5-7-10/h3-7,9H,2,8H2,1H3. The first-order valence-corrected chi connectivity index (χ1v) is 6.08. The summed E-state index contributed by atoms with van der Waals surface area (Å²) in [7, 11) is 0. The summed E-state index contributed by atoms with van der Waals surface area (Å²) in [4.78, 5) is 12.0. The summed E-state index contributed by atoms with van der Waals surface area (Å²) in [5.41, 5.74) is 0.294. The van der Waals surface area contributed by atoms with Crippen molar-refractivity contribution < 1.29 is 4.74 Å². The molecule has 1 heterocycles. The number of benzene rings is 1. The lowest BCUT2D eigenvalue weighted by molar-refractivity contribution is 0.314. The van der Waals surface area contributed by atoms with E-state index in [2.05, 4.69) is 5.10 Å². The molecule has 0 unspecified atom stereocenters. The molecular weight excluding hydrogens is 252 g/mol. The Hall–Kier alpha value is -1.81. The SMILES string of the molecule is CCCOc1cnn(-c2ccccc2)c(=O)c1Cl. The van der Waals surface area contributed by atoms with E-state index in [1.165, 1.54) is 10.9 Å². The number of hydrogen-bond donors (Lipinski definition) is 0. The molecule has 0 saturated heterocycles. The Morgan fingerprint density at radius 2 is 2.06 bits per heavy atom. The lowest BCUT2D eigenvalue weighted by Crippen LogP contribution is -2.22. The van der Waals surface area contributed by atoms with Crippen LogP contribution in [0, 0.1) is 0 Å². The normalized spacial score (nSPS) is 10.3. The molecule has 4 nitrogen and oxygen atoms in total. The average Bonchev–Trinajstić information content (AvgIpc) is 2.41. The quantitative estimate of drug-likeness (QED) is 0.853. The molecule has 0 aliphatic carbocycles. The lowest BCUT2D eigenvalue weighted by atomic mass is 10.3. The maximum atomic E-state index is 12.0. The van der Waals surface area contributed by atoms with E-state index in [4.69, 9.17) is 16.3 Å². The maximum Gasteiger partial charge on any atom is 0.294 e. The van der Waals surface area contributed by atoms with Crippen LogP contribution in [-0.4, -0.2) is 16.4 Å². The summed E-state index contributed by atoms with van der Waals surface area (Å²) in [6, 6.07) is 9.11. The van der Waals surface area contributed by atoms with Crippen molar-refractivity contribution in [1.82, 2.24) is 9.78 Å². The Morgan fingerprint density at radius 1 is 1.33 bits per heavy atom. The predicted octanol–water partition coefficient (Wildman–Crippen LogP) is 2.67. The van der Waals surface area contributed by atoms with Crippen LogP contribution in [0.1, 0.15) is 13.3 Å². The van der Waals surface area contributed by atoms with Crippen LogP contribution in [0.15, 0.2) is 41.3 Å². The molecule has 0 spiro atoms. The van der Waals surface area contributed by atoms with Gasteiger partial charge >= 0.3 is 0 Å². The predicted molar refractivity (Wildman–Crippen MR) is 70.6 cm³/mol. The van der Waals surface area contributed by atoms with Crippen molar-refractivity contribution in [3.63, 3.8) is 0 Å². The molecule has 1 aromatic carbocycles. The van der Waals surface area contributed by atoms with Crippen molar-refractivity contribution in [2.45, 2.75) is 13.3 Å². The van der Waals surface area contributed by atoms with Gasteiger partial charge in [-0.05, 0) is 18.6 Å². The number of hydrogen-bond acceptors (Lipinski definition) is 3. The number of nitrogens with zero attached hydrogens (tertiary/aromatic N) is 2. The summed E-state index contributed by atoms with van der Waals surface area (Å²) in [6.07, 6.45) is 2.31. The first-order chi connectivity index (χ1) is 8.74. The molecular formula is C13H13ClN2O2. The van der Waals surface area contributed by atoms with Crippen molar-refractivity contribution in [2.75, 3.05) is 6.61 Å². The molecule has 94 valence electrons. The van der Waals surface area contributed by atoms with Gasteiger partial charge in [0.25, 0.3) is 5.56 Å². The highest BCUT2D eigenvalue weighted by Gasteiger charge is 2.11. The van der Waals surface area contributed by atoms with E-state index in [0.717, 1.165) is 6.42 Å². The molecule has 0 aliphatic heterocycles. The van der Waals surface area contributed by atoms with Crippen LogP contribution in [0.2, 0.25) is 5.02 Å². The molecule has 2 aromatic rings. The van der Waals surface area contributed by atoms with Gasteiger partial charge in [0.05, 0.1) is 18.5 Å². The second kappa shape index (κ2) is 5.69. The van der Waals surface area contributed by atoms with E-state index in [1.54, 1.807) is 12.1 Å². The summed E-state index contributed by atoms with van der Waals surface area (Å²) < 4.78 is 6.60. The van der Waals surface area contributed by atoms with Gasteiger partial charge in [-0.3, -0.25) is 4.79 Å². The van der Waals surface area contributed by atoms with E-state index >= 15 is 0 Å². The summed E-state index contributed by atoms with van der Waals surface area (Å²) in [6.45, 7) is 2.49. The number of halogens is 1.